The number of aliphatic hydroxyl groups excluding tert-OH is 1. The van der Waals surface area contributed by atoms with Gasteiger partial charge in [0.25, 0.3) is 10.0 Å². The van der Waals surface area contributed by atoms with Crippen molar-refractivity contribution in [1.29, 1.82) is 0 Å². The van der Waals surface area contributed by atoms with E-state index in [2.05, 4.69) is 4.40 Å². The summed E-state index contributed by atoms with van der Waals surface area (Å²) >= 11 is 2.94. The molecule has 3 rings (SSSR count). The van der Waals surface area contributed by atoms with Crippen LogP contribution in [0, 0.1) is 6.92 Å². The van der Waals surface area contributed by atoms with Gasteiger partial charge < -0.3 is 10.8 Å². The van der Waals surface area contributed by atoms with Crippen molar-refractivity contribution in [1.82, 2.24) is 0 Å². The number of thiophene rings is 1. The van der Waals surface area contributed by atoms with Gasteiger partial charge in [-0.3, -0.25) is 0 Å². The topological polar surface area (TPSA) is 92.8 Å². The van der Waals surface area contributed by atoms with Gasteiger partial charge in [0.1, 0.15) is 0 Å². The van der Waals surface area contributed by atoms with Crippen molar-refractivity contribution >= 4 is 39.0 Å². The molecule has 5 nitrogen and oxygen atoms in total. The van der Waals surface area contributed by atoms with Crippen molar-refractivity contribution < 1.29 is 13.5 Å². The smallest absolute Gasteiger partial charge is 0.284 e. The molecule has 0 radical (unpaired) electrons. The van der Waals surface area contributed by atoms with Crippen molar-refractivity contribution in [2.45, 2.75) is 22.6 Å². The predicted molar refractivity (Wildman–Crippen MR) is 117 cm³/mol. The summed E-state index contributed by atoms with van der Waals surface area (Å²) in [5, 5.41) is 9.71. The maximum Gasteiger partial charge on any atom is 0.284 e. The third-order valence-electron chi connectivity index (χ3n) is 4.25. The Morgan fingerprint density at radius 3 is 2.46 bits per heavy atom. The summed E-state index contributed by atoms with van der Waals surface area (Å²) in [6, 6.07) is 16.5. The molecule has 146 valence electrons. The van der Waals surface area contributed by atoms with Crippen LogP contribution in [0.2, 0.25) is 0 Å². The fourth-order valence-electron chi connectivity index (χ4n) is 2.95. The van der Waals surface area contributed by atoms with Crippen molar-refractivity contribution in [2.24, 2.45) is 10.1 Å². The fraction of sp³-hybridized carbons (Fsp3) is 0.150. The van der Waals surface area contributed by atoms with Gasteiger partial charge in [0.15, 0.2) is 5.84 Å². The summed E-state index contributed by atoms with van der Waals surface area (Å²) in [5.41, 5.74) is 8.47. The molecule has 0 aliphatic heterocycles. The molecule has 0 saturated heterocycles. The van der Waals surface area contributed by atoms with Gasteiger partial charge in [0, 0.05) is 0 Å². The minimum absolute atomic E-state index is 0.000879. The molecule has 0 atom stereocenters. The second-order valence-electron chi connectivity index (χ2n) is 6.02. The van der Waals surface area contributed by atoms with Crippen LogP contribution in [0.4, 0.5) is 0 Å². The average Bonchev–Trinajstić information content (AvgIpc) is 3.17. The zero-order valence-electron chi connectivity index (χ0n) is 15.4. The van der Waals surface area contributed by atoms with E-state index < -0.39 is 16.6 Å². The van der Waals surface area contributed by atoms with Crippen molar-refractivity contribution in [3.05, 3.63) is 70.6 Å². The number of hydrogen-bond donors (Lipinski definition) is 2. The Balaban J connectivity index is 2.14. The molecule has 3 N–H and O–H groups in total. The number of nitrogens with two attached hydrogens (primary N) is 1. The highest BCUT2D eigenvalue weighted by Crippen LogP contribution is 2.32. The van der Waals surface area contributed by atoms with Gasteiger partial charge in [-0.15, -0.1) is 27.5 Å². The first kappa shape index (κ1) is 20.6. The molecule has 1 heterocycles. The normalized spacial score (nSPS) is 12.3. The largest absolute Gasteiger partial charge is 0.392 e. The summed E-state index contributed by atoms with van der Waals surface area (Å²) in [4.78, 5) is 0.594. The van der Waals surface area contributed by atoms with E-state index in [1.807, 2.05) is 48.7 Å². The summed E-state index contributed by atoms with van der Waals surface area (Å²) in [5.74, 6) is -0.0568. The van der Waals surface area contributed by atoms with Crippen molar-refractivity contribution in [2.75, 3.05) is 6.26 Å². The van der Waals surface area contributed by atoms with Crippen LogP contribution in [0.15, 0.2) is 68.1 Å². The van der Waals surface area contributed by atoms with Crippen LogP contribution in [0.5, 0.6) is 0 Å². The van der Waals surface area contributed by atoms with Crippen LogP contribution >= 0.6 is 23.1 Å². The van der Waals surface area contributed by atoms with Crippen LogP contribution in [0.3, 0.4) is 0 Å². The van der Waals surface area contributed by atoms with E-state index in [0.29, 0.717) is 16.0 Å². The van der Waals surface area contributed by atoms with Gasteiger partial charge in [-0.2, -0.15) is 8.42 Å². The third kappa shape index (κ3) is 4.15. The second kappa shape index (κ2) is 8.48. The summed E-state index contributed by atoms with van der Waals surface area (Å²) in [6.07, 6.45) is 1.94. The third-order valence-corrected chi connectivity index (χ3v) is 7.97. The van der Waals surface area contributed by atoms with Gasteiger partial charge in [-0.25, -0.2) is 0 Å². The fourth-order valence-corrected chi connectivity index (χ4v) is 5.86. The zero-order valence-corrected chi connectivity index (χ0v) is 17.9. The average molecular weight is 433 g/mol. The monoisotopic (exact) mass is 432 g/mol. The van der Waals surface area contributed by atoms with Gasteiger partial charge in [-0.05, 0) is 47.6 Å². The first-order valence-electron chi connectivity index (χ1n) is 8.40. The van der Waals surface area contributed by atoms with Crippen molar-refractivity contribution in [3.8, 4) is 11.1 Å². The molecular weight excluding hydrogens is 412 g/mol. The molecule has 3 aromatic rings. The Morgan fingerprint density at radius 2 is 1.86 bits per heavy atom. The van der Waals surface area contributed by atoms with Gasteiger partial charge in [-0.1, -0.05) is 42.5 Å². The van der Waals surface area contributed by atoms with Crippen LogP contribution in [-0.2, 0) is 16.6 Å². The maximum absolute atomic E-state index is 13.1. The number of sulfonamides is 1. The van der Waals surface area contributed by atoms with Crippen molar-refractivity contribution in [3.63, 3.8) is 0 Å². The molecule has 0 bridgehead atoms. The molecule has 2 aromatic carbocycles. The number of hydrogen-bond acceptors (Lipinski definition) is 5. The number of rotatable bonds is 6. The number of aliphatic hydroxyl groups is 1. The summed E-state index contributed by atoms with van der Waals surface area (Å²) in [7, 11) is -4.11. The predicted octanol–water partition coefficient (Wildman–Crippen LogP) is 4.03. The Labute approximate surface area is 173 Å². The molecule has 1 aromatic heterocycles. The lowest BCUT2D eigenvalue weighted by molar-refractivity contribution is 0.278. The summed E-state index contributed by atoms with van der Waals surface area (Å²) < 4.78 is 31.1. The molecule has 0 aliphatic rings. The molecule has 8 heteroatoms. The molecule has 28 heavy (non-hydrogen) atoms. The Kier molecular flexibility index (Phi) is 6.24. The van der Waals surface area contributed by atoms with Crippen LogP contribution in [0.25, 0.3) is 11.1 Å². The zero-order chi connectivity index (χ0) is 20.3. The van der Waals surface area contributed by atoms with E-state index in [0.717, 1.165) is 15.3 Å². The lowest BCUT2D eigenvalue weighted by Gasteiger charge is -2.14. The minimum atomic E-state index is -4.11. The lowest BCUT2D eigenvalue weighted by Crippen LogP contribution is -2.16. The van der Waals surface area contributed by atoms with E-state index in [4.69, 9.17) is 5.73 Å². The molecule has 0 saturated carbocycles. The van der Waals surface area contributed by atoms with Crippen LogP contribution in [-0.4, -0.2) is 25.6 Å². The van der Waals surface area contributed by atoms with Gasteiger partial charge >= 0.3 is 0 Å². The summed E-state index contributed by atoms with van der Waals surface area (Å²) in [6.45, 7) is 1.31. The standard InChI is InChI=1S/C20H20N2O3S3/c1-13-16(14-6-4-3-5-7-14)9-8-15(12-23)19(13)28(24,25)22-20(21)17-10-11-18(26-2)27-17/h3-11,23H,12H2,1-2H3,(H2,21,22). The SMILES string of the molecule is CSc1ccc(C(N)=NS(=O)(=O)c2c(CO)ccc(-c3ccccc3)c2C)s1. The Bertz CT molecular complexity index is 1120. The first-order chi connectivity index (χ1) is 13.4. The Morgan fingerprint density at radius 1 is 1.14 bits per heavy atom. The van der Waals surface area contributed by atoms with E-state index in [1.54, 1.807) is 30.8 Å². The second-order valence-corrected chi connectivity index (χ2v) is 9.76. The number of amidine groups is 1. The molecular formula is C20H20N2O3S3. The number of nitrogens with zero attached hydrogens (tertiary/aromatic N) is 1. The number of benzene rings is 2. The van der Waals surface area contributed by atoms with E-state index >= 15 is 0 Å². The molecule has 0 unspecified atom stereocenters. The highest BCUT2D eigenvalue weighted by Gasteiger charge is 2.24. The first-order valence-corrected chi connectivity index (χ1v) is 11.9. The Hall–Kier alpha value is -2.13. The lowest BCUT2D eigenvalue weighted by atomic mass is 9.98. The van der Waals surface area contributed by atoms with Crippen LogP contribution < -0.4 is 5.73 Å². The highest BCUT2D eigenvalue weighted by molar-refractivity contribution is 8.00. The van der Waals surface area contributed by atoms with E-state index in [1.165, 1.54) is 11.3 Å². The quantitative estimate of drug-likeness (QED) is 0.348. The van der Waals surface area contributed by atoms with Gasteiger partial charge in [0.05, 0.1) is 20.6 Å². The molecule has 0 spiro atoms. The van der Waals surface area contributed by atoms with E-state index in [9.17, 15) is 13.5 Å². The molecule has 0 amide bonds. The van der Waals surface area contributed by atoms with Crippen LogP contribution in [0.1, 0.15) is 16.0 Å². The van der Waals surface area contributed by atoms with Gasteiger partial charge in [0.2, 0.25) is 0 Å². The minimum Gasteiger partial charge on any atom is -0.392 e. The molecule has 0 aliphatic carbocycles. The maximum atomic E-state index is 13.1. The number of thioether (sulfide) groups is 1. The molecule has 0 fully saturated rings. The highest BCUT2D eigenvalue weighted by atomic mass is 32.2. The van der Waals surface area contributed by atoms with E-state index in [-0.39, 0.29) is 10.7 Å².